The fourth-order valence-electron chi connectivity index (χ4n) is 4.71. The first-order chi connectivity index (χ1) is 15.7. The van der Waals surface area contributed by atoms with Gasteiger partial charge >= 0.3 is 0 Å². The molecule has 0 bridgehead atoms. The molecule has 1 aliphatic heterocycles. The van der Waals surface area contributed by atoms with Crippen molar-refractivity contribution >= 4 is 17.3 Å². The minimum atomic E-state index is -0.833. The topological polar surface area (TPSA) is 57.0 Å². The molecular weight excluding hydrogens is 394 g/mol. The van der Waals surface area contributed by atoms with Crippen molar-refractivity contribution < 1.29 is 4.79 Å². The lowest BCUT2D eigenvalue weighted by molar-refractivity contribution is -0.122. The molecule has 1 aliphatic rings. The van der Waals surface area contributed by atoms with E-state index < -0.39 is 5.41 Å². The fourth-order valence-corrected chi connectivity index (χ4v) is 4.71. The summed E-state index contributed by atoms with van der Waals surface area (Å²) in [6.45, 7) is 0. The van der Waals surface area contributed by atoms with Crippen LogP contribution in [-0.2, 0) is 23.1 Å². The lowest BCUT2D eigenvalue weighted by Crippen LogP contribution is -2.42. The molecule has 0 aliphatic carbocycles. The molecule has 32 heavy (non-hydrogen) atoms. The summed E-state index contributed by atoms with van der Waals surface area (Å²) in [6, 6.07) is 31.5. The van der Waals surface area contributed by atoms with E-state index in [0.717, 1.165) is 28.1 Å². The zero-order chi connectivity index (χ0) is 22.0. The van der Waals surface area contributed by atoms with Crippen LogP contribution in [0.4, 0.5) is 11.4 Å². The first-order valence-corrected chi connectivity index (χ1v) is 10.6. The number of amides is 1. The van der Waals surface area contributed by atoms with E-state index in [1.807, 2.05) is 95.9 Å². The van der Waals surface area contributed by atoms with E-state index >= 15 is 0 Å². The molecule has 1 atom stereocenters. The van der Waals surface area contributed by atoms with Gasteiger partial charge in [-0.1, -0.05) is 54.6 Å². The van der Waals surface area contributed by atoms with Gasteiger partial charge in [0.2, 0.25) is 5.91 Å². The standard InChI is InChI=1S/C28H21N3O/c29-20-23-9-5-4-8-22(23)19-28(18-21-14-16-30-17-15-21)25-12-6-7-13-26(25)31(27(28)32)24-10-2-1-3-11-24/h1-17H,18-19H2. The quantitative estimate of drug-likeness (QED) is 0.441. The monoisotopic (exact) mass is 415 g/mol. The number of benzene rings is 3. The third kappa shape index (κ3) is 3.25. The molecular formula is C28H21N3O. The van der Waals surface area contributed by atoms with Gasteiger partial charge in [0.15, 0.2) is 0 Å². The molecule has 5 rings (SSSR count). The fraction of sp³-hybridized carbons (Fsp3) is 0.107. The van der Waals surface area contributed by atoms with E-state index in [1.54, 1.807) is 12.4 Å². The van der Waals surface area contributed by atoms with Crippen LogP contribution in [0.1, 0.15) is 22.3 Å². The molecule has 4 aromatic rings. The highest BCUT2D eigenvalue weighted by molar-refractivity contribution is 6.13. The van der Waals surface area contributed by atoms with Crippen LogP contribution in [0.5, 0.6) is 0 Å². The van der Waals surface area contributed by atoms with Gasteiger partial charge in [-0.25, -0.2) is 0 Å². The Labute approximate surface area is 187 Å². The average Bonchev–Trinajstić information content (AvgIpc) is 3.08. The average molecular weight is 415 g/mol. The number of fused-ring (bicyclic) bond motifs is 1. The van der Waals surface area contributed by atoms with Crippen molar-refractivity contribution in [1.82, 2.24) is 4.98 Å². The van der Waals surface area contributed by atoms with Gasteiger partial charge in [-0.05, 0) is 65.9 Å². The molecule has 1 amide bonds. The summed E-state index contributed by atoms with van der Waals surface area (Å²) in [4.78, 5) is 20.3. The van der Waals surface area contributed by atoms with Gasteiger partial charge in [0, 0.05) is 18.1 Å². The van der Waals surface area contributed by atoms with Crippen molar-refractivity contribution in [2.45, 2.75) is 18.3 Å². The van der Waals surface area contributed by atoms with Crippen LogP contribution >= 0.6 is 0 Å². The summed E-state index contributed by atoms with van der Waals surface area (Å²) in [5, 5.41) is 9.70. The Kier molecular flexibility index (Phi) is 5.01. The number of hydrogen-bond acceptors (Lipinski definition) is 3. The number of nitriles is 1. The van der Waals surface area contributed by atoms with E-state index in [9.17, 15) is 10.1 Å². The number of anilines is 2. The van der Waals surface area contributed by atoms with Crippen LogP contribution in [-0.4, -0.2) is 10.9 Å². The first-order valence-electron chi connectivity index (χ1n) is 10.6. The highest BCUT2D eigenvalue weighted by Gasteiger charge is 2.51. The van der Waals surface area contributed by atoms with Crippen molar-refractivity contribution in [1.29, 1.82) is 5.26 Å². The molecule has 0 spiro atoms. The maximum atomic E-state index is 14.3. The van der Waals surface area contributed by atoms with E-state index in [2.05, 4.69) is 11.1 Å². The van der Waals surface area contributed by atoms with E-state index in [-0.39, 0.29) is 5.91 Å². The van der Waals surface area contributed by atoms with Crippen molar-refractivity contribution in [2.24, 2.45) is 0 Å². The summed E-state index contributed by atoms with van der Waals surface area (Å²) in [5.74, 6) is 0.0226. The third-order valence-corrected chi connectivity index (χ3v) is 6.17. The molecule has 0 radical (unpaired) electrons. The van der Waals surface area contributed by atoms with Crippen molar-refractivity contribution in [3.63, 3.8) is 0 Å². The minimum Gasteiger partial charge on any atom is -0.280 e. The predicted octanol–water partition coefficient (Wildman–Crippen LogP) is 5.35. The van der Waals surface area contributed by atoms with E-state index in [4.69, 9.17) is 0 Å². The molecule has 0 saturated carbocycles. The molecule has 2 heterocycles. The third-order valence-electron chi connectivity index (χ3n) is 6.17. The summed E-state index contributed by atoms with van der Waals surface area (Å²) in [5.41, 5.74) is 4.40. The number of para-hydroxylation sites is 2. The second-order valence-electron chi connectivity index (χ2n) is 8.05. The lowest BCUT2D eigenvalue weighted by Gasteiger charge is -2.30. The van der Waals surface area contributed by atoms with Crippen molar-refractivity contribution in [3.8, 4) is 6.07 Å². The van der Waals surface area contributed by atoms with Crippen molar-refractivity contribution in [2.75, 3.05) is 4.90 Å². The van der Waals surface area contributed by atoms with Gasteiger partial charge in [0.1, 0.15) is 0 Å². The zero-order valence-electron chi connectivity index (χ0n) is 17.5. The number of nitrogens with zero attached hydrogens (tertiary/aromatic N) is 3. The maximum absolute atomic E-state index is 14.3. The van der Waals surface area contributed by atoms with Gasteiger partial charge < -0.3 is 0 Å². The largest absolute Gasteiger partial charge is 0.280 e. The second kappa shape index (κ2) is 8.13. The van der Waals surface area contributed by atoms with Crippen LogP contribution in [0.3, 0.4) is 0 Å². The van der Waals surface area contributed by atoms with E-state index in [1.165, 1.54) is 0 Å². The second-order valence-corrected chi connectivity index (χ2v) is 8.05. The van der Waals surface area contributed by atoms with E-state index in [0.29, 0.717) is 18.4 Å². The number of hydrogen-bond donors (Lipinski definition) is 0. The van der Waals surface area contributed by atoms with Crippen LogP contribution < -0.4 is 4.90 Å². The normalized spacial score (nSPS) is 17.1. The number of aromatic nitrogens is 1. The van der Waals surface area contributed by atoms with Crippen LogP contribution in [0, 0.1) is 11.3 Å². The summed E-state index contributed by atoms with van der Waals surface area (Å²) < 4.78 is 0. The maximum Gasteiger partial charge on any atom is 0.242 e. The Hall–Kier alpha value is -4.23. The molecule has 0 N–H and O–H groups in total. The SMILES string of the molecule is N#Cc1ccccc1CC1(Cc2ccncc2)C(=O)N(c2ccccc2)c2ccccc21. The number of rotatable bonds is 5. The molecule has 154 valence electrons. The van der Waals surface area contributed by atoms with Gasteiger partial charge in [0.25, 0.3) is 0 Å². The summed E-state index contributed by atoms with van der Waals surface area (Å²) in [6.07, 6.45) is 4.48. The van der Waals surface area contributed by atoms with Gasteiger partial charge in [-0.15, -0.1) is 0 Å². The molecule has 3 aromatic carbocycles. The smallest absolute Gasteiger partial charge is 0.242 e. The molecule has 1 unspecified atom stereocenters. The van der Waals surface area contributed by atoms with Gasteiger partial charge in [-0.3, -0.25) is 14.7 Å². The molecule has 1 aromatic heterocycles. The summed E-state index contributed by atoms with van der Waals surface area (Å²) >= 11 is 0. The molecule has 4 heteroatoms. The Balaban J connectivity index is 1.72. The van der Waals surface area contributed by atoms with Gasteiger partial charge in [0.05, 0.1) is 22.7 Å². The lowest BCUT2D eigenvalue weighted by atomic mass is 9.71. The summed E-state index contributed by atoms with van der Waals surface area (Å²) in [7, 11) is 0. The van der Waals surface area contributed by atoms with Gasteiger partial charge in [-0.2, -0.15) is 5.26 Å². The first kappa shape index (κ1) is 19.7. The number of pyridine rings is 1. The highest BCUT2D eigenvalue weighted by Crippen LogP contribution is 2.49. The Morgan fingerprint density at radius 1 is 0.812 bits per heavy atom. The Morgan fingerprint density at radius 3 is 2.28 bits per heavy atom. The minimum absolute atomic E-state index is 0.0226. The molecule has 0 fully saturated rings. The van der Waals surface area contributed by atoms with Crippen LogP contribution in [0.2, 0.25) is 0 Å². The van der Waals surface area contributed by atoms with Crippen LogP contribution in [0.25, 0.3) is 0 Å². The Bertz CT molecular complexity index is 1310. The molecule has 4 nitrogen and oxygen atoms in total. The zero-order valence-corrected chi connectivity index (χ0v) is 17.5. The number of carbonyl (C=O) groups excluding carboxylic acids is 1. The molecule has 0 saturated heterocycles. The van der Waals surface area contributed by atoms with Crippen LogP contribution in [0.15, 0.2) is 103 Å². The van der Waals surface area contributed by atoms with Crippen molar-refractivity contribution in [3.05, 3.63) is 126 Å². The number of carbonyl (C=O) groups is 1. The Morgan fingerprint density at radius 2 is 1.50 bits per heavy atom. The predicted molar refractivity (Wildman–Crippen MR) is 125 cm³/mol. The highest BCUT2D eigenvalue weighted by atomic mass is 16.2.